The molecule has 1 fully saturated rings. The first kappa shape index (κ1) is 14.9. The van der Waals surface area contributed by atoms with Crippen LogP contribution in [0, 0.1) is 11.3 Å². The highest BCUT2D eigenvalue weighted by Gasteiger charge is 2.57. The molecule has 1 aliphatic rings. The molecular weight excluding hydrogens is 214 g/mol. The predicted octanol–water partition coefficient (Wildman–Crippen LogP) is 2.32. The van der Waals surface area contributed by atoms with Gasteiger partial charge in [0.25, 0.3) is 0 Å². The van der Waals surface area contributed by atoms with Gasteiger partial charge in [-0.1, -0.05) is 13.3 Å². The van der Waals surface area contributed by atoms with E-state index in [9.17, 15) is 5.11 Å². The maximum atomic E-state index is 11.0. The smallest absolute Gasteiger partial charge is 0.0970 e. The normalized spacial score (nSPS) is 33.7. The van der Waals surface area contributed by atoms with Crippen LogP contribution in [-0.2, 0) is 4.74 Å². The third-order valence-electron chi connectivity index (χ3n) is 5.39. The van der Waals surface area contributed by atoms with Crippen LogP contribution in [-0.4, -0.2) is 30.0 Å². The van der Waals surface area contributed by atoms with Crippen molar-refractivity contribution in [3.63, 3.8) is 0 Å². The van der Waals surface area contributed by atoms with Crippen LogP contribution in [0.1, 0.15) is 53.4 Å². The first-order valence-corrected chi connectivity index (χ1v) is 6.74. The third kappa shape index (κ3) is 2.25. The topological polar surface area (TPSA) is 55.5 Å². The van der Waals surface area contributed by atoms with Gasteiger partial charge >= 0.3 is 0 Å². The molecule has 0 spiro atoms. The van der Waals surface area contributed by atoms with Gasteiger partial charge in [-0.15, -0.1) is 0 Å². The summed E-state index contributed by atoms with van der Waals surface area (Å²) in [5.74, 6) is 0.692. The molecule has 0 amide bonds. The molecule has 3 nitrogen and oxygen atoms in total. The van der Waals surface area contributed by atoms with Gasteiger partial charge in [0.15, 0.2) is 0 Å². The number of hydrogen-bond donors (Lipinski definition) is 2. The van der Waals surface area contributed by atoms with Crippen molar-refractivity contribution in [3.05, 3.63) is 0 Å². The Morgan fingerprint density at radius 3 is 2.35 bits per heavy atom. The average molecular weight is 243 g/mol. The van der Waals surface area contributed by atoms with Gasteiger partial charge in [0.05, 0.1) is 11.2 Å². The van der Waals surface area contributed by atoms with E-state index in [1.807, 2.05) is 20.8 Å². The van der Waals surface area contributed by atoms with Crippen molar-refractivity contribution in [1.29, 1.82) is 0 Å². The fraction of sp³-hybridized carbons (Fsp3) is 1.00. The van der Waals surface area contributed by atoms with E-state index < -0.39 is 11.2 Å². The second kappa shape index (κ2) is 4.87. The van der Waals surface area contributed by atoms with Crippen molar-refractivity contribution in [3.8, 4) is 0 Å². The summed E-state index contributed by atoms with van der Waals surface area (Å²) in [6, 6.07) is 0. The van der Waals surface area contributed by atoms with Gasteiger partial charge < -0.3 is 15.6 Å². The Morgan fingerprint density at radius 2 is 2.00 bits per heavy atom. The van der Waals surface area contributed by atoms with Gasteiger partial charge in [-0.25, -0.2) is 0 Å². The van der Waals surface area contributed by atoms with Crippen LogP contribution in [0.3, 0.4) is 0 Å². The molecule has 0 heterocycles. The molecule has 3 N–H and O–H groups in total. The van der Waals surface area contributed by atoms with E-state index in [0.29, 0.717) is 12.5 Å². The minimum absolute atomic E-state index is 0.201. The number of ether oxygens (including phenoxy) is 1. The zero-order valence-electron chi connectivity index (χ0n) is 12.0. The van der Waals surface area contributed by atoms with E-state index in [-0.39, 0.29) is 5.41 Å². The number of rotatable bonds is 5. The van der Waals surface area contributed by atoms with Crippen molar-refractivity contribution >= 4 is 0 Å². The molecule has 1 saturated carbocycles. The van der Waals surface area contributed by atoms with Crippen LogP contribution >= 0.6 is 0 Å². The van der Waals surface area contributed by atoms with E-state index in [1.54, 1.807) is 7.11 Å². The summed E-state index contributed by atoms with van der Waals surface area (Å²) in [5.41, 5.74) is 4.34. The monoisotopic (exact) mass is 243 g/mol. The van der Waals surface area contributed by atoms with E-state index in [0.717, 1.165) is 12.8 Å². The van der Waals surface area contributed by atoms with E-state index in [4.69, 9.17) is 10.5 Å². The highest BCUT2D eigenvalue weighted by atomic mass is 16.5. The van der Waals surface area contributed by atoms with E-state index in [2.05, 4.69) is 6.92 Å². The van der Waals surface area contributed by atoms with E-state index >= 15 is 0 Å². The second-order valence-corrected chi connectivity index (χ2v) is 6.29. The number of methoxy groups -OCH3 is 1. The lowest BCUT2D eigenvalue weighted by atomic mass is 9.63. The molecule has 102 valence electrons. The Labute approximate surface area is 106 Å². The minimum atomic E-state index is -0.895. The molecule has 3 heteroatoms. The third-order valence-corrected chi connectivity index (χ3v) is 5.39. The zero-order chi connectivity index (χ0) is 13.3. The highest BCUT2D eigenvalue weighted by molar-refractivity contribution is 5.09. The Bertz CT molecular complexity index is 263. The first-order valence-electron chi connectivity index (χ1n) is 6.74. The predicted molar refractivity (Wildman–Crippen MR) is 70.8 cm³/mol. The fourth-order valence-electron chi connectivity index (χ4n) is 3.25. The molecule has 3 atom stereocenters. The van der Waals surface area contributed by atoms with Gasteiger partial charge in [-0.2, -0.15) is 0 Å². The van der Waals surface area contributed by atoms with Crippen LogP contribution in [0.25, 0.3) is 0 Å². The zero-order valence-corrected chi connectivity index (χ0v) is 12.0. The van der Waals surface area contributed by atoms with Gasteiger partial charge in [0, 0.05) is 19.1 Å². The summed E-state index contributed by atoms with van der Waals surface area (Å²) in [6.45, 7) is 8.53. The molecule has 1 aliphatic carbocycles. The molecule has 0 radical (unpaired) electrons. The van der Waals surface area contributed by atoms with Crippen molar-refractivity contribution < 1.29 is 9.84 Å². The number of aliphatic hydroxyl groups is 1. The summed E-state index contributed by atoms with van der Waals surface area (Å²) >= 11 is 0. The van der Waals surface area contributed by atoms with Crippen molar-refractivity contribution in [2.75, 3.05) is 13.7 Å². The lowest BCUT2D eigenvalue weighted by Crippen LogP contribution is -2.62. The van der Waals surface area contributed by atoms with Gasteiger partial charge in [0.1, 0.15) is 0 Å². The molecule has 0 aromatic rings. The lowest BCUT2D eigenvalue weighted by molar-refractivity contribution is -0.200. The maximum absolute atomic E-state index is 11.0. The summed E-state index contributed by atoms with van der Waals surface area (Å²) in [5, 5.41) is 11.0. The number of nitrogens with two attached hydrogens (primary N) is 1. The largest absolute Gasteiger partial charge is 0.387 e. The Hall–Kier alpha value is -0.120. The molecule has 0 aromatic heterocycles. The van der Waals surface area contributed by atoms with Crippen LogP contribution in [0.5, 0.6) is 0 Å². The van der Waals surface area contributed by atoms with Crippen LogP contribution in [0.15, 0.2) is 0 Å². The van der Waals surface area contributed by atoms with E-state index in [1.165, 1.54) is 12.8 Å². The van der Waals surface area contributed by atoms with Crippen LogP contribution < -0.4 is 5.73 Å². The Balaban J connectivity index is 3.02. The summed E-state index contributed by atoms with van der Waals surface area (Å²) in [6.07, 6.45) is 4.36. The summed E-state index contributed by atoms with van der Waals surface area (Å²) in [4.78, 5) is 0. The standard InChI is InChI=1S/C14H29NO2/c1-6-11-7-8-14(9-11,10-15)13(4,16)12(2,3)17-5/h11,16H,6-10,15H2,1-5H3. The second-order valence-electron chi connectivity index (χ2n) is 6.29. The summed E-state index contributed by atoms with van der Waals surface area (Å²) in [7, 11) is 1.66. The molecule has 17 heavy (non-hydrogen) atoms. The fourth-order valence-corrected chi connectivity index (χ4v) is 3.25. The Kier molecular flexibility index (Phi) is 4.28. The summed E-state index contributed by atoms with van der Waals surface area (Å²) < 4.78 is 5.51. The van der Waals surface area contributed by atoms with Crippen molar-refractivity contribution in [2.24, 2.45) is 17.1 Å². The lowest BCUT2D eigenvalue weighted by Gasteiger charge is -2.51. The quantitative estimate of drug-likeness (QED) is 0.779. The maximum Gasteiger partial charge on any atom is 0.0970 e. The molecule has 0 bridgehead atoms. The minimum Gasteiger partial charge on any atom is -0.387 e. The Morgan fingerprint density at radius 1 is 1.41 bits per heavy atom. The first-order chi connectivity index (χ1) is 7.76. The van der Waals surface area contributed by atoms with Gasteiger partial charge in [-0.05, 0) is 46.0 Å². The molecule has 3 unspecified atom stereocenters. The van der Waals surface area contributed by atoms with Crippen molar-refractivity contribution in [2.45, 2.75) is 64.6 Å². The molecule has 1 rings (SSSR count). The molecule has 0 aliphatic heterocycles. The average Bonchev–Trinajstić information content (AvgIpc) is 2.73. The molecule has 0 saturated heterocycles. The van der Waals surface area contributed by atoms with Gasteiger partial charge in [-0.3, -0.25) is 0 Å². The van der Waals surface area contributed by atoms with Gasteiger partial charge in [0.2, 0.25) is 0 Å². The molecular formula is C14H29NO2. The molecule has 0 aromatic carbocycles. The number of hydrogen-bond acceptors (Lipinski definition) is 3. The highest BCUT2D eigenvalue weighted by Crippen LogP contribution is 2.53. The SMILES string of the molecule is CCC1CCC(CN)(C(C)(O)C(C)(C)OC)C1. The van der Waals surface area contributed by atoms with Crippen LogP contribution in [0.2, 0.25) is 0 Å². The van der Waals surface area contributed by atoms with Crippen molar-refractivity contribution in [1.82, 2.24) is 0 Å². The van der Waals surface area contributed by atoms with Crippen LogP contribution in [0.4, 0.5) is 0 Å².